The van der Waals surface area contributed by atoms with Crippen LogP contribution in [0, 0.1) is 0 Å². The van der Waals surface area contributed by atoms with E-state index in [4.69, 9.17) is 28.3 Å². The Morgan fingerprint density at radius 1 is 1.19 bits per heavy atom. The molecule has 5 nitrogen and oxygen atoms in total. The zero-order chi connectivity index (χ0) is 15.6. The first-order valence-corrected chi connectivity index (χ1v) is 7.25. The number of aliphatic hydroxyl groups is 1. The number of carbonyl (C=O) groups excluding carboxylic acids is 1. The number of hydrogen-bond donors (Lipinski definition) is 2. The van der Waals surface area contributed by atoms with Crippen molar-refractivity contribution in [1.82, 2.24) is 4.90 Å². The number of likely N-dealkylation sites (tertiary alicyclic amines) is 1. The second-order valence-electron chi connectivity index (χ2n) is 5.14. The van der Waals surface area contributed by atoms with Crippen LogP contribution in [0.25, 0.3) is 0 Å². The highest BCUT2D eigenvalue weighted by atomic mass is 35.5. The fourth-order valence-electron chi connectivity index (χ4n) is 2.28. The lowest BCUT2D eigenvalue weighted by atomic mass is 9.91. The molecule has 0 spiro atoms. The summed E-state index contributed by atoms with van der Waals surface area (Å²) in [4.78, 5) is 24.7. The molecule has 0 aromatic heterocycles. The van der Waals surface area contributed by atoms with Crippen LogP contribution in [0.1, 0.15) is 18.4 Å². The summed E-state index contributed by atoms with van der Waals surface area (Å²) in [6.45, 7) is 0.450. The Morgan fingerprint density at radius 2 is 1.81 bits per heavy atom. The quantitative estimate of drug-likeness (QED) is 0.887. The molecule has 0 atom stereocenters. The molecule has 2 N–H and O–H groups in total. The van der Waals surface area contributed by atoms with Crippen LogP contribution in [0.15, 0.2) is 18.2 Å². The molecular weight excluding hydrogens is 317 g/mol. The predicted octanol–water partition coefficient (Wildman–Crippen LogP) is 1.97. The Labute approximate surface area is 132 Å². The molecular formula is C14H15Cl2NO4. The van der Waals surface area contributed by atoms with E-state index >= 15 is 0 Å². The van der Waals surface area contributed by atoms with Gasteiger partial charge in [-0.2, -0.15) is 0 Å². The molecule has 1 heterocycles. The van der Waals surface area contributed by atoms with E-state index in [0.29, 0.717) is 10.0 Å². The summed E-state index contributed by atoms with van der Waals surface area (Å²) in [5, 5.41) is 19.6. The zero-order valence-corrected chi connectivity index (χ0v) is 12.7. The van der Waals surface area contributed by atoms with Crippen LogP contribution in [-0.2, 0) is 16.0 Å². The molecule has 0 radical (unpaired) electrons. The minimum atomic E-state index is -1.72. The molecule has 114 valence electrons. The highest BCUT2D eigenvalue weighted by molar-refractivity contribution is 6.42. The fraction of sp³-hybridized carbons (Fsp3) is 0.429. The summed E-state index contributed by atoms with van der Waals surface area (Å²) in [5.41, 5.74) is -0.978. The van der Waals surface area contributed by atoms with E-state index in [-0.39, 0.29) is 38.3 Å². The van der Waals surface area contributed by atoms with Gasteiger partial charge < -0.3 is 15.1 Å². The van der Waals surface area contributed by atoms with Gasteiger partial charge in [-0.3, -0.25) is 4.79 Å². The van der Waals surface area contributed by atoms with E-state index in [1.165, 1.54) is 0 Å². The number of benzene rings is 1. The molecule has 0 bridgehead atoms. The minimum Gasteiger partial charge on any atom is -0.479 e. The Kier molecular flexibility index (Phi) is 4.76. The van der Waals surface area contributed by atoms with Crippen LogP contribution >= 0.6 is 23.2 Å². The van der Waals surface area contributed by atoms with Crippen LogP contribution in [0.4, 0.5) is 0 Å². The number of nitrogens with zero attached hydrogens (tertiary/aromatic N) is 1. The third kappa shape index (κ3) is 3.67. The first kappa shape index (κ1) is 16.1. The maximum atomic E-state index is 12.2. The van der Waals surface area contributed by atoms with E-state index in [2.05, 4.69) is 0 Å². The lowest BCUT2D eigenvalue weighted by Gasteiger charge is -2.35. The summed E-state index contributed by atoms with van der Waals surface area (Å²) in [7, 11) is 0. The van der Waals surface area contributed by atoms with Crippen molar-refractivity contribution in [2.24, 2.45) is 0 Å². The molecule has 1 aliphatic heterocycles. The molecule has 2 rings (SSSR count). The van der Waals surface area contributed by atoms with E-state index in [1.54, 1.807) is 23.1 Å². The van der Waals surface area contributed by atoms with Crippen molar-refractivity contribution < 1.29 is 19.8 Å². The van der Waals surface area contributed by atoms with E-state index in [1.807, 2.05) is 0 Å². The molecule has 0 unspecified atom stereocenters. The Morgan fingerprint density at radius 3 is 2.33 bits per heavy atom. The Hall–Kier alpha value is -1.30. The van der Waals surface area contributed by atoms with Crippen LogP contribution in [-0.4, -0.2) is 45.7 Å². The van der Waals surface area contributed by atoms with E-state index < -0.39 is 11.6 Å². The SMILES string of the molecule is O=C(Cc1ccc(Cl)c(Cl)c1)N1CCC(O)(C(=O)O)CC1. The van der Waals surface area contributed by atoms with Crippen LogP contribution in [0.5, 0.6) is 0 Å². The van der Waals surface area contributed by atoms with Crippen molar-refractivity contribution in [1.29, 1.82) is 0 Å². The highest BCUT2D eigenvalue weighted by Crippen LogP contribution is 2.25. The highest BCUT2D eigenvalue weighted by Gasteiger charge is 2.40. The Balaban J connectivity index is 1.96. The van der Waals surface area contributed by atoms with Gasteiger partial charge in [0.25, 0.3) is 0 Å². The minimum absolute atomic E-state index is 0.0372. The van der Waals surface area contributed by atoms with E-state index in [0.717, 1.165) is 5.56 Å². The van der Waals surface area contributed by atoms with Gasteiger partial charge in [0.2, 0.25) is 5.91 Å². The first-order valence-electron chi connectivity index (χ1n) is 6.49. The molecule has 1 saturated heterocycles. The normalized spacial score (nSPS) is 17.6. The number of amides is 1. The number of hydrogen-bond acceptors (Lipinski definition) is 3. The van der Waals surface area contributed by atoms with Gasteiger partial charge in [-0.05, 0) is 17.7 Å². The van der Waals surface area contributed by atoms with Gasteiger partial charge in [0.1, 0.15) is 0 Å². The summed E-state index contributed by atoms with van der Waals surface area (Å²) in [6.07, 6.45) is 0.243. The van der Waals surface area contributed by atoms with Gasteiger partial charge in [0.15, 0.2) is 5.60 Å². The summed E-state index contributed by atoms with van der Waals surface area (Å²) < 4.78 is 0. The third-order valence-corrected chi connectivity index (χ3v) is 4.42. The third-order valence-electron chi connectivity index (χ3n) is 3.68. The van der Waals surface area contributed by atoms with Crippen LogP contribution in [0.3, 0.4) is 0 Å². The average molecular weight is 332 g/mol. The van der Waals surface area contributed by atoms with Gasteiger partial charge in [-0.25, -0.2) is 4.79 Å². The van der Waals surface area contributed by atoms with Crippen molar-refractivity contribution in [3.8, 4) is 0 Å². The number of halogens is 2. The molecule has 1 fully saturated rings. The van der Waals surface area contributed by atoms with Gasteiger partial charge in [0, 0.05) is 25.9 Å². The van der Waals surface area contributed by atoms with Crippen molar-refractivity contribution in [3.63, 3.8) is 0 Å². The zero-order valence-electron chi connectivity index (χ0n) is 11.2. The van der Waals surface area contributed by atoms with Crippen molar-refractivity contribution in [2.75, 3.05) is 13.1 Å². The number of aliphatic carboxylic acids is 1. The molecule has 1 aliphatic rings. The lowest BCUT2D eigenvalue weighted by Crippen LogP contribution is -2.51. The number of carboxylic acids is 1. The van der Waals surface area contributed by atoms with Crippen molar-refractivity contribution in [2.45, 2.75) is 24.9 Å². The van der Waals surface area contributed by atoms with Crippen LogP contribution < -0.4 is 0 Å². The number of carboxylic acid groups (broad SMARTS) is 1. The monoisotopic (exact) mass is 331 g/mol. The number of piperidine rings is 1. The smallest absolute Gasteiger partial charge is 0.335 e. The Bertz CT molecular complexity index is 568. The second-order valence-corrected chi connectivity index (χ2v) is 5.96. The first-order chi connectivity index (χ1) is 9.82. The average Bonchev–Trinajstić information content (AvgIpc) is 2.43. The molecule has 7 heteroatoms. The van der Waals surface area contributed by atoms with Crippen LogP contribution in [0.2, 0.25) is 10.0 Å². The summed E-state index contributed by atoms with van der Waals surface area (Å²) in [5.74, 6) is -1.36. The second kappa shape index (κ2) is 6.22. The fourth-order valence-corrected chi connectivity index (χ4v) is 2.60. The van der Waals surface area contributed by atoms with Gasteiger partial charge in [-0.15, -0.1) is 0 Å². The van der Waals surface area contributed by atoms with Crippen molar-refractivity contribution >= 4 is 35.1 Å². The summed E-state index contributed by atoms with van der Waals surface area (Å²) in [6, 6.07) is 4.99. The summed E-state index contributed by atoms with van der Waals surface area (Å²) >= 11 is 11.7. The van der Waals surface area contributed by atoms with E-state index in [9.17, 15) is 14.7 Å². The molecule has 21 heavy (non-hydrogen) atoms. The standard InChI is InChI=1S/C14H15Cl2NO4/c15-10-2-1-9(7-11(10)16)8-12(18)17-5-3-14(21,4-6-17)13(19)20/h1-2,7,21H,3-6,8H2,(H,19,20). The lowest BCUT2D eigenvalue weighted by molar-refractivity contribution is -0.165. The molecule has 0 aliphatic carbocycles. The number of rotatable bonds is 3. The number of carbonyl (C=O) groups is 2. The van der Waals surface area contributed by atoms with Crippen molar-refractivity contribution in [3.05, 3.63) is 33.8 Å². The molecule has 0 saturated carbocycles. The topological polar surface area (TPSA) is 77.8 Å². The molecule has 1 amide bonds. The largest absolute Gasteiger partial charge is 0.479 e. The van der Waals surface area contributed by atoms with Gasteiger partial charge in [0.05, 0.1) is 16.5 Å². The van der Waals surface area contributed by atoms with Gasteiger partial charge in [-0.1, -0.05) is 29.3 Å². The maximum absolute atomic E-state index is 12.2. The molecule has 1 aromatic rings. The van der Waals surface area contributed by atoms with Gasteiger partial charge >= 0.3 is 5.97 Å². The maximum Gasteiger partial charge on any atom is 0.335 e. The molecule has 1 aromatic carbocycles. The predicted molar refractivity (Wildman–Crippen MR) is 78.6 cm³/mol.